The lowest BCUT2D eigenvalue weighted by atomic mass is 10.0. The highest BCUT2D eigenvalue weighted by Gasteiger charge is 2.09. The molecule has 0 unspecified atom stereocenters. The van der Waals surface area contributed by atoms with Crippen molar-refractivity contribution in [3.05, 3.63) is 63.9 Å². The molecule has 0 spiro atoms. The van der Waals surface area contributed by atoms with Crippen molar-refractivity contribution in [2.75, 3.05) is 13.7 Å². The van der Waals surface area contributed by atoms with E-state index in [1.807, 2.05) is 60.2 Å². The third-order valence-corrected chi connectivity index (χ3v) is 4.52. The third-order valence-electron chi connectivity index (χ3n) is 3.59. The lowest BCUT2D eigenvalue weighted by Crippen LogP contribution is -2.18. The van der Waals surface area contributed by atoms with E-state index in [9.17, 15) is 4.79 Å². The van der Waals surface area contributed by atoms with Crippen LogP contribution in [0.4, 0.5) is 0 Å². The van der Waals surface area contributed by atoms with Crippen LogP contribution in [0.1, 0.15) is 15.2 Å². The molecule has 118 valence electrons. The molecular formula is C18H18N2O2S. The second-order valence-electron chi connectivity index (χ2n) is 5.25. The van der Waals surface area contributed by atoms with Gasteiger partial charge in [0.1, 0.15) is 0 Å². The Hall–Kier alpha value is -2.24. The highest BCUT2D eigenvalue weighted by Crippen LogP contribution is 2.19. The van der Waals surface area contributed by atoms with Gasteiger partial charge in [0.25, 0.3) is 5.91 Å². The van der Waals surface area contributed by atoms with Gasteiger partial charge < -0.3 is 9.30 Å². The number of aromatic nitrogens is 1. The maximum Gasteiger partial charge on any atom is 0.280 e. The van der Waals surface area contributed by atoms with Gasteiger partial charge in [0.2, 0.25) is 0 Å². The molecule has 0 saturated carbocycles. The molecule has 0 aliphatic carbocycles. The first-order valence-corrected chi connectivity index (χ1v) is 8.23. The van der Waals surface area contributed by atoms with Crippen LogP contribution in [0.2, 0.25) is 0 Å². The average molecular weight is 326 g/mol. The van der Waals surface area contributed by atoms with E-state index in [2.05, 4.69) is 4.99 Å². The zero-order valence-corrected chi connectivity index (χ0v) is 14.0. The van der Waals surface area contributed by atoms with E-state index in [0.717, 1.165) is 15.6 Å². The Morgan fingerprint density at radius 2 is 2.00 bits per heavy atom. The lowest BCUT2D eigenvalue weighted by molar-refractivity contribution is 0.0999. The quantitative estimate of drug-likeness (QED) is 0.737. The fourth-order valence-corrected chi connectivity index (χ4v) is 3.36. The normalized spacial score (nSPS) is 12.0. The summed E-state index contributed by atoms with van der Waals surface area (Å²) in [5.41, 5.74) is 0.632. The number of ether oxygens (including phenoxy) is 1. The van der Waals surface area contributed by atoms with Crippen LogP contribution in [0.25, 0.3) is 10.8 Å². The van der Waals surface area contributed by atoms with E-state index in [-0.39, 0.29) is 5.91 Å². The highest BCUT2D eigenvalue weighted by molar-refractivity contribution is 7.09. The Kier molecular flexibility index (Phi) is 4.69. The molecule has 1 heterocycles. The number of benzene rings is 2. The van der Waals surface area contributed by atoms with Gasteiger partial charge in [0.15, 0.2) is 4.80 Å². The summed E-state index contributed by atoms with van der Waals surface area (Å²) in [5, 5.41) is 1.98. The summed E-state index contributed by atoms with van der Waals surface area (Å²) in [7, 11) is 1.66. The zero-order valence-electron chi connectivity index (χ0n) is 13.2. The number of methoxy groups -OCH3 is 1. The van der Waals surface area contributed by atoms with Gasteiger partial charge >= 0.3 is 0 Å². The number of amides is 1. The molecule has 0 radical (unpaired) electrons. The predicted octanol–water partition coefficient (Wildman–Crippen LogP) is 3.40. The topological polar surface area (TPSA) is 43.6 Å². The van der Waals surface area contributed by atoms with Crippen molar-refractivity contribution >= 4 is 28.0 Å². The van der Waals surface area contributed by atoms with E-state index in [1.54, 1.807) is 7.11 Å². The van der Waals surface area contributed by atoms with Crippen molar-refractivity contribution in [3.8, 4) is 0 Å². The molecule has 0 atom stereocenters. The standard InChI is InChI=1S/C18H18N2O2S/c1-13-12-20(10-11-22-2)18(23-13)19-17(21)16-9-5-7-14-6-3-4-8-15(14)16/h3-9,12H,10-11H2,1-2H3/b19-18-. The number of carbonyl (C=O) groups excluding carboxylic acids is 1. The van der Waals surface area contributed by atoms with Gasteiger partial charge in [-0.15, -0.1) is 11.3 Å². The summed E-state index contributed by atoms with van der Waals surface area (Å²) < 4.78 is 7.08. The van der Waals surface area contributed by atoms with Gasteiger partial charge in [-0.2, -0.15) is 4.99 Å². The Labute approximate surface area is 138 Å². The van der Waals surface area contributed by atoms with Crippen molar-refractivity contribution in [3.63, 3.8) is 0 Å². The summed E-state index contributed by atoms with van der Waals surface area (Å²) >= 11 is 1.51. The minimum absolute atomic E-state index is 0.213. The molecule has 0 aliphatic rings. The molecule has 3 aromatic rings. The van der Waals surface area contributed by atoms with Crippen LogP contribution >= 0.6 is 11.3 Å². The SMILES string of the molecule is COCCn1cc(C)s/c1=N\C(=O)c1cccc2ccccc12. The van der Waals surface area contributed by atoms with E-state index in [4.69, 9.17) is 4.74 Å². The van der Waals surface area contributed by atoms with Crippen LogP contribution in [-0.4, -0.2) is 24.2 Å². The average Bonchev–Trinajstić information content (AvgIpc) is 2.91. The fraction of sp³-hybridized carbons (Fsp3) is 0.222. The minimum atomic E-state index is -0.213. The van der Waals surface area contributed by atoms with E-state index in [1.165, 1.54) is 11.3 Å². The second-order valence-corrected chi connectivity index (χ2v) is 6.47. The number of nitrogens with zero attached hydrogens (tertiary/aromatic N) is 2. The summed E-state index contributed by atoms with van der Waals surface area (Å²) in [6, 6.07) is 13.6. The molecule has 23 heavy (non-hydrogen) atoms. The Morgan fingerprint density at radius 3 is 2.83 bits per heavy atom. The van der Waals surface area contributed by atoms with Crippen LogP contribution in [0, 0.1) is 6.92 Å². The number of carbonyl (C=O) groups is 1. The zero-order chi connectivity index (χ0) is 16.2. The molecule has 5 heteroatoms. The molecule has 0 fully saturated rings. The maximum atomic E-state index is 12.7. The van der Waals surface area contributed by atoms with Gasteiger partial charge in [-0.25, -0.2) is 0 Å². The summed E-state index contributed by atoms with van der Waals surface area (Å²) in [6.07, 6.45) is 2.00. The number of hydrogen-bond donors (Lipinski definition) is 0. The number of fused-ring (bicyclic) bond motifs is 1. The van der Waals surface area contributed by atoms with Crippen LogP contribution in [0.5, 0.6) is 0 Å². The summed E-state index contributed by atoms with van der Waals surface area (Å²) in [5.74, 6) is -0.213. The van der Waals surface area contributed by atoms with Crippen molar-refractivity contribution in [1.82, 2.24) is 4.57 Å². The molecule has 1 aromatic heterocycles. The predicted molar refractivity (Wildman–Crippen MR) is 92.8 cm³/mol. The summed E-state index contributed by atoms with van der Waals surface area (Å²) in [6.45, 7) is 3.28. The van der Waals surface area contributed by atoms with Crippen LogP contribution < -0.4 is 4.80 Å². The highest BCUT2D eigenvalue weighted by atomic mass is 32.1. The van der Waals surface area contributed by atoms with Gasteiger partial charge in [-0.1, -0.05) is 36.4 Å². The van der Waals surface area contributed by atoms with Crippen molar-refractivity contribution in [1.29, 1.82) is 0 Å². The first kappa shape index (κ1) is 15.6. The van der Waals surface area contributed by atoms with Crippen LogP contribution in [0.3, 0.4) is 0 Å². The molecule has 0 aliphatic heterocycles. The summed E-state index contributed by atoms with van der Waals surface area (Å²) in [4.78, 5) is 18.8. The Balaban J connectivity index is 2.03. The molecule has 1 amide bonds. The van der Waals surface area contributed by atoms with Crippen LogP contribution in [-0.2, 0) is 11.3 Å². The Morgan fingerprint density at radius 1 is 1.22 bits per heavy atom. The van der Waals surface area contributed by atoms with Crippen LogP contribution in [0.15, 0.2) is 53.7 Å². The third kappa shape index (κ3) is 3.41. The molecule has 0 saturated heterocycles. The number of rotatable bonds is 4. The molecule has 4 nitrogen and oxygen atoms in total. The second kappa shape index (κ2) is 6.89. The van der Waals surface area contributed by atoms with Crippen molar-refractivity contribution < 1.29 is 9.53 Å². The van der Waals surface area contributed by atoms with Crippen molar-refractivity contribution in [2.45, 2.75) is 13.5 Å². The number of thiazole rings is 1. The van der Waals surface area contributed by atoms with Gasteiger partial charge in [0.05, 0.1) is 6.61 Å². The molecule has 0 N–H and O–H groups in total. The largest absolute Gasteiger partial charge is 0.383 e. The lowest BCUT2D eigenvalue weighted by Gasteiger charge is -2.03. The Bertz CT molecular complexity index is 903. The first-order chi connectivity index (χ1) is 11.2. The van der Waals surface area contributed by atoms with E-state index >= 15 is 0 Å². The van der Waals surface area contributed by atoms with E-state index < -0.39 is 0 Å². The molecule has 0 bridgehead atoms. The minimum Gasteiger partial charge on any atom is -0.383 e. The van der Waals surface area contributed by atoms with Gasteiger partial charge in [-0.05, 0) is 23.8 Å². The maximum absolute atomic E-state index is 12.7. The molecule has 3 rings (SSSR count). The number of aryl methyl sites for hydroxylation is 1. The smallest absolute Gasteiger partial charge is 0.280 e. The molecular weight excluding hydrogens is 308 g/mol. The van der Waals surface area contributed by atoms with Crippen molar-refractivity contribution in [2.24, 2.45) is 4.99 Å². The monoisotopic (exact) mass is 326 g/mol. The number of hydrogen-bond acceptors (Lipinski definition) is 3. The van der Waals surface area contributed by atoms with Gasteiger partial charge in [-0.3, -0.25) is 4.79 Å². The first-order valence-electron chi connectivity index (χ1n) is 7.41. The molecule has 2 aromatic carbocycles. The fourth-order valence-electron chi connectivity index (χ4n) is 2.50. The van der Waals surface area contributed by atoms with Gasteiger partial charge in [0, 0.05) is 30.3 Å². The van der Waals surface area contributed by atoms with E-state index in [0.29, 0.717) is 23.5 Å².